The summed E-state index contributed by atoms with van der Waals surface area (Å²) in [5.41, 5.74) is -0.831. The van der Waals surface area contributed by atoms with Crippen molar-refractivity contribution in [2.24, 2.45) is 0 Å². The third kappa shape index (κ3) is 5.03. The molecule has 4 nitrogen and oxygen atoms in total. The van der Waals surface area contributed by atoms with Gasteiger partial charge in [0.25, 0.3) is 0 Å². The van der Waals surface area contributed by atoms with Crippen molar-refractivity contribution in [2.45, 2.75) is 123 Å². The first-order valence-electron chi connectivity index (χ1n) is 10.1. The van der Waals surface area contributed by atoms with Crippen molar-refractivity contribution in [1.82, 2.24) is 0 Å². The van der Waals surface area contributed by atoms with Gasteiger partial charge in [0, 0.05) is 0 Å². The molecule has 2 saturated heterocycles. The Morgan fingerprint density at radius 3 is 0.960 bits per heavy atom. The van der Waals surface area contributed by atoms with Crippen molar-refractivity contribution in [2.75, 3.05) is 0 Å². The molecule has 0 aromatic carbocycles. The molecular weight excluding hydrogens is 314 g/mol. The molecule has 0 aromatic heterocycles. The molecule has 0 bridgehead atoms. The van der Waals surface area contributed by atoms with Crippen LogP contribution in [0, 0.1) is 0 Å². The van der Waals surface area contributed by atoms with Gasteiger partial charge in [-0.3, -0.25) is 0 Å². The monoisotopic (exact) mass is 352 g/mol. The van der Waals surface area contributed by atoms with Gasteiger partial charge in [-0.2, -0.15) is 0 Å². The zero-order chi connectivity index (χ0) is 18.9. The van der Waals surface area contributed by atoms with Crippen molar-refractivity contribution in [1.29, 1.82) is 0 Å². The highest BCUT2D eigenvalue weighted by molar-refractivity contribution is 6.45. The summed E-state index contributed by atoms with van der Waals surface area (Å²) in [6, 6.07) is 0. The molecule has 2 fully saturated rings. The van der Waals surface area contributed by atoms with Crippen LogP contribution in [-0.2, 0) is 18.6 Å². The number of hydrogen-bond donors (Lipinski definition) is 0. The van der Waals surface area contributed by atoms with E-state index in [1.54, 1.807) is 0 Å². The average Bonchev–Trinajstić information content (AvgIpc) is 2.76. The van der Waals surface area contributed by atoms with Crippen molar-refractivity contribution >= 4 is 14.2 Å². The second-order valence-electron chi connectivity index (χ2n) is 9.72. The van der Waals surface area contributed by atoms with Crippen LogP contribution in [0.5, 0.6) is 0 Å². The van der Waals surface area contributed by atoms with Crippen LogP contribution in [0.2, 0.25) is 12.6 Å². The van der Waals surface area contributed by atoms with E-state index in [0.717, 1.165) is 25.5 Å². The van der Waals surface area contributed by atoms with E-state index in [4.69, 9.17) is 18.6 Å². The van der Waals surface area contributed by atoms with E-state index in [0.29, 0.717) is 0 Å². The first kappa shape index (κ1) is 21.3. The number of rotatable bonds is 8. The third-order valence-electron chi connectivity index (χ3n) is 6.48. The predicted molar refractivity (Wildman–Crippen MR) is 105 cm³/mol. The Kier molecular flexibility index (Phi) is 6.41. The quantitative estimate of drug-likeness (QED) is 0.449. The molecule has 0 aliphatic carbocycles. The van der Waals surface area contributed by atoms with Crippen LogP contribution < -0.4 is 0 Å². The lowest BCUT2D eigenvalue weighted by Gasteiger charge is -2.32. The van der Waals surface area contributed by atoms with Crippen LogP contribution in [0.15, 0.2) is 0 Å². The fourth-order valence-electron chi connectivity index (χ4n) is 3.32. The lowest BCUT2D eigenvalue weighted by molar-refractivity contribution is 0.00578. The largest absolute Gasteiger partial charge is 0.457 e. The Morgan fingerprint density at radius 1 is 0.440 bits per heavy atom. The molecule has 0 aromatic rings. The van der Waals surface area contributed by atoms with E-state index in [1.165, 1.54) is 19.3 Å². The molecule has 0 unspecified atom stereocenters. The standard InChI is InChI=1S/C19H38B2O4/c1-16(2)17(3,4)23-20(22-16)14-12-10-9-11-13-15-21-24-18(5,6)19(7,8)25-21/h9-15H2,1-8H3. The molecule has 0 N–H and O–H groups in total. The molecule has 25 heavy (non-hydrogen) atoms. The van der Waals surface area contributed by atoms with Gasteiger partial charge in [0.05, 0.1) is 22.4 Å². The maximum Gasteiger partial charge on any atom is 0.457 e. The maximum absolute atomic E-state index is 6.04. The minimum atomic E-state index is -0.208. The summed E-state index contributed by atoms with van der Waals surface area (Å²) in [6.45, 7) is 16.9. The summed E-state index contributed by atoms with van der Waals surface area (Å²) < 4.78 is 24.2. The molecule has 0 amide bonds. The predicted octanol–water partition coefficient (Wildman–Crippen LogP) is 5.12. The van der Waals surface area contributed by atoms with Crippen LogP contribution in [-0.4, -0.2) is 36.6 Å². The van der Waals surface area contributed by atoms with Crippen molar-refractivity contribution < 1.29 is 18.6 Å². The summed E-state index contributed by atoms with van der Waals surface area (Å²) in [5.74, 6) is 0. The first-order chi connectivity index (χ1) is 11.4. The Morgan fingerprint density at radius 2 is 0.680 bits per heavy atom. The van der Waals surface area contributed by atoms with E-state index >= 15 is 0 Å². The molecule has 0 atom stereocenters. The highest BCUT2D eigenvalue weighted by Gasteiger charge is 2.51. The van der Waals surface area contributed by atoms with Crippen LogP contribution in [0.25, 0.3) is 0 Å². The van der Waals surface area contributed by atoms with Gasteiger partial charge >= 0.3 is 14.2 Å². The van der Waals surface area contributed by atoms with Crippen molar-refractivity contribution in [3.63, 3.8) is 0 Å². The summed E-state index contributed by atoms with van der Waals surface area (Å²) in [6.07, 6.45) is 8.01. The highest BCUT2D eigenvalue weighted by Crippen LogP contribution is 2.39. The summed E-state index contributed by atoms with van der Waals surface area (Å²) >= 11 is 0. The van der Waals surface area contributed by atoms with Gasteiger partial charge in [0.1, 0.15) is 0 Å². The Labute approximate surface area is 156 Å². The number of hydrogen-bond acceptors (Lipinski definition) is 4. The van der Waals surface area contributed by atoms with E-state index in [2.05, 4.69) is 55.4 Å². The molecule has 2 aliphatic rings. The lowest BCUT2D eigenvalue weighted by Crippen LogP contribution is -2.41. The lowest BCUT2D eigenvalue weighted by atomic mass is 9.80. The minimum absolute atomic E-state index is 0.0465. The SMILES string of the molecule is CC1(C)OB(CCCCCCCB2OC(C)(C)C(C)(C)O2)OC1(C)C. The maximum atomic E-state index is 6.04. The average molecular weight is 352 g/mol. The zero-order valence-corrected chi connectivity index (χ0v) is 17.7. The van der Waals surface area contributed by atoms with Gasteiger partial charge in [0.15, 0.2) is 0 Å². The molecule has 2 aliphatic heterocycles. The van der Waals surface area contributed by atoms with Gasteiger partial charge in [-0.15, -0.1) is 0 Å². The van der Waals surface area contributed by atoms with Gasteiger partial charge in [-0.25, -0.2) is 0 Å². The second kappa shape index (κ2) is 7.53. The smallest absolute Gasteiger partial charge is 0.403 e. The summed E-state index contributed by atoms with van der Waals surface area (Å²) in [7, 11) is -0.0931. The normalized spacial score (nSPS) is 26.4. The number of unbranched alkanes of at least 4 members (excludes halogenated alkanes) is 4. The summed E-state index contributed by atoms with van der Waals surface area (Å²) in [4.78, 5) is 0. The first-order valence-corrected chi connectivity index (χ1v) is 10.1. The second-order valence-corrected chi connectivity index (χ2v) is 9.72. The molecule has 0 radical (unpaired) electrons. The van der Waals surface area contributed by atoms with Gasteiger partial charge in [-0.1, -0.05) is 32.1 Å². The van der Waals surface area contributed by atoms with E-state index in [1.807, 2.05) is 0 Å². The van der Waals surface area contributed by atoms with Crippen LogP contribution in [0.3, 0.4) is 0 Å². The molecule has 2 rings (SSSR count). The van der Waals surface area contributed by atoms with Crippen molar-refractivity contribution in [3.05, 3.63) is 0 Å². The topological polar surface area (TPSA) is 36.9 Å². The fourth-order valence-corrected chi connectivity index (χ4v) is 3.32. The highest BCUT2D eigenvalue weighted by atomic mass is 16.7. The fraction of sp³-hybridized carbons (Fsp3) is 1.00. The molecule has 2 heterocycles. The molecule has 0 saturated carbocycles. The minimum Gasteiger partial charge on any atom is -0.403 e. The third-order valence-corrected chi connectivity index (χ3v) is 6.48. The molecule has 144 valence electrons. The van der Waals surface area contributed by atoms with E-state index in [9.17, 15) is 0 Å². The van der Waals surface area contributed by atoms with E-state index in [-0.39, 0.29) is 36.6 Å². The van der Waals surface area contributed by atoms with Crippen LogP contribution in [0.1, 0.15) is 87.5 Å². The Hall–Kier alpha value is -0.0301. The Bertz CT molecular complexity index is 377. The molecule has 0 spiro atoms. The Balaban J connectivity index is 1.53. The van der Waals surface area contributed by atoms with Crippen LogP contribution in [0.4, 0.5) is 0 Å². The van der Waals surface area contributed by atoms with Gasteiger partial charge < -0.3 is 18.6 Å². The van der Waals surface area contributed by atoms with E-state index < -0.39 is 0 Å². The van der Waals surface area contributed by atoms with Crippen LogP contribution >= 0.6 is 0 Å². The zero-order valence-electron chi connectivity index (χ0n) is 17.7. The van der Waals surface area contributed by atoms with Gasteiger partial charge in [0.2, 0.25) is 0 Å². The van der Waals surface area contributed by atoms with Crippen molar-refractivity contribution in [3.8, 4) is 0 Å². The summed E-state index contributed by atoms with van der Waals surface area (Å²) in [5, 5.41) is 0. The molecular formula is C19H38B2O4. The van der Waals surface area contributed by atoms with Gasteiger partial charge in [-0.05, 0) is 68.0 Å². The molecule has 6 heteroatoms.